The number of benzene rings is 2. The molecule has 2 aromatic carbocycles. The molecule has 0 aliphatic rings. The molecule has 3 aromatic rings. The van der Waals surface area contributed by atoms with Crippen molar-refractivity contribution >= 4 is 23.5 Å². The van der Waals surface area contributed by atoms with Crippen LogP contribution in [-0.2, 0) is 9.59 Å². The van der Waals surface area contributed by atoms with Crippen molar-refractivity contribution in [2.45, 2.75) is 13.8 Å². The van der Waals surface area contributed by atoms with E-state index in [-0.39, 0.29) is 25.0 Å². The van der Waals surface area contributed by atoms with Gasteiger partial charge in [0, 0.05) is 0 Å². The van der Waals surface area contributed by atoms with E-state index in [1.165, 1.54) is 0 Å². The van der Waals surface area contributed by atoms with Crippen molar-refractivity contribution in [2.75, 3.05) is 23.8 Å². The van der Waals surface area contributed by atoms with E-state index < -0.39 is 0 Å². The lowest BCUT2D eigenvalue weighted by Gasteiger charge is -2.10. The van der Waals surface area contributed by atoms with Crippen LogP contribution in [0.5, 0.6) is 11.5 Å². The predicted molar refractivity (Wildman–Crippen MR) is 115 cm³/mol. The van der Waals surface area contributed by atoms with Gasteiger partial charge in [-0.05, 0) is 61.4 Å². The molecule has 0 aliphatic heterocycles. The maximum atomic E-state index is 12.1. The second-order valence-corrected chi connectivity index (χ2v) is 6.71. The van der Waals surface area contributed by atoms with Crippen molar-refractivity contribution < 1.29 is 19.1 Å². The number of rotatable bonds is 8. The number of nitrogens with zero attached hydrogens (tertiary/aromatic N) is 1. The fourth-order valence-electron chi connectivity index (χ4n) is 2.64. The van der Waals surface area contributed by atoms with Crippen molar-refractivity contribution in [3.8, 4) is 11.5 Å². The summed E-state index contributed by atoms with van der Waals surface area (Å²) in [6.07, 6.45) is 0. The monoisotopic (exact) mass is 405 g/mol. The lowest BCUT2D eigenvalue weighted by Crippen LogP contribution is -2.22. The number of hydrogen-bond donors (Lipinski definition) is 2. The van der Waals surface area contributed by atoms with Crippen LogP contribution in [0.15, 0.2) is 66.7 Å². The van der Waals surface area contributed by atoms with E-state index in [2.05, 4.69) is 15.6 Å². The van der Waals surface area contributed by atoms with Gasteiger partial charge < -0.3 is 20.1 Å². The van der Waals surface area contributed by atoms with Gasteiger partial charge in [-0.15, -0.1) is 0 Å². The number of carbonyl (C=O) groups excluding carboxylic acids is 2. The summed E-state index contributed by atoms with van der Waals surface area (Å²) in [5, 5.41) is 5.29. The van der Waals surface area contributed by atoms with E-state index in [1.54, 1.807) is 30.3 Å². The molecule has 154 valence electrons. The molecule has 0 bridgehead atoms. The molecular weight excluding hydrogens is 382 g/mol. The van der Waals surface area contributed by atoms with Gasteiger partial charge in [-0.2, -0.15) is 0 Å². The summed E-state index contributed by atoms with van der Waals surface area (Å²) >= 11 is 0. The van der Waals surface area contributed by atoms with E-state index in [0.717, 1.165) is 11.1 Å². The number of carbonyl (C=O) groups is 2. The van der Waals surface area contributed by atoms with Crippen molar-refractivity contribution in [1.82, 2.24) is 4.98 Å². The molecular formula is C23H23N3O4. The first-order valence-electron chi connectivity index (χ1n) is 9.43. The minimum atomic E-state index is -0.352. The Bertz CT molecular complexity index is 957. The second-order valence-electron chi connectivity index (χ2n) is 6.71. The molecule has 0 aliphatic carbocycles. The molecule has 0 fully saturated rings. The molecule has 0 saturated heterocycles. The largest absolute Gasteiger partial charge is 0.484 e. The summed E-state index contributed by atoms with van der Waals surface area (Å²) in [5.74, 6) is 1.15. The predicted octanol–water partition coefficient (Wildman–Crippen LogP) is 3.73. The third-order valence-corrected chi connectivity index (χ3v) is 4.00. The van der Waals surface area contributed by atoms with Crippen LogP contribution in [0.4, 0.5) is 11.6 Å². The van der Waals surface area contributed by atoms with Gasteiger partial charge in [0.25, 0.3) is 11.8 Å². The normalized spacial score (nSPS) is 10.2. The third kappa shape index (κ3) is 6.63. The Morgan fingerprint density at radius 3 is 1.60 bits per heavy atom. The molecule has 2 N–H and O–H groups in total. The van der Waals surface area contributed by atoms with Crippen molar-refractivity contribution in [2.24, 2.45) is 0 Å². The standard InChI is InChI=1S/C23H23N3O4/c1-16-6-3-8-18(12-16)29-14-22(27)25-20-10-5-11-21(24-20)26-23(28)15-30-19-9-4-7-17(2)13-19/h3-13H,14-15H2,1-2H3,(H2,24,25,26,27,28). The maximum Gasteiger partial charge on any atom is 0.263 e. The number of anilines is 2. The van der Waals surface area contributed by atoms with Gasteiger partial charge in [0.1, 0.15) is 23.1 Å². The van der Waals surface area contributed by atoms with Crippen LogP contribution < -0.4 is 20.1 Å². The SMILES string of the molecule is Cc1cccc(OCC(=O)Nc2cccc(NC(=O)COc3cccc(C)c3)n2)c1. The van der Waals surface area contributed by atoms with E-state index in [1.807, 2.05) is 50.2 Å². The van der Waals surface area contributed by atoms with Crippen LogP contribution in [-0.4, -0.2) is 30.0 Å². The molecule has 30 heavy (non-hydrogen) atoms. The Kier molecular flexibility index (Phi) is 7.00. The molecule has 1 aromatic heterocycles. The number of ether oxygens (including phenoxy) is 2. The summed E-state index contributed by atoms with van der Waals surface area (Å²) in [6, 6.07) is 19.8. The maximum absolute atomic E-state index is 12.1. The van der Waals surface area contributed by atoms with Crippen LogP contribution in [0.1, 0.15) is 11.1 Å². The van der Waals surface area contributed by atoms with Gasteiger partial charge in [-0.3, -0.25) is 9.59 Å². The topological polar surface area (TPSA) is 89.6 Å². The molecule has 0 unspecified atom stereocenters. The van der Waals surface area contributed by atoms with Crippen molar-refractivity contribution in [3.05, 3.63) is 77.9 Å². The number of pyridine rings is 1. The first-order valence-corrected chi connectivity index (χ1v) is 9.43. The fraction of sp³-hybridized carbons (Fsp3) is 0.174. The summed E-state index contributed by atoms with van der Waals surface area (Å²) in [7, 11) is 0. The van der Waals surface area contributed by atoms with Crippen LogP contribution in [0.25, 0.3) is 0 Å². The molecule has 0 radical (unpaired) electrons. The van der Waals surface area contributed by atoms with Gasteiger partial charge in [-0.25, -0.2) is 4.98 Å². The molecule has 7 heteroatoms. The smallest absolute Gasteiger partial charge is 0.263 e. The quantitative estimate of drug-likeness (QED) is 0.596. The van der Waals surface area contributed by atoms with E-state index >= 15 is 0 Å². The number of nitrogens with one attached hydrogen (secondary N) is 2. The van der Waals surface area contributed by atoms with Crippen LogP contribution in [0.2, 0.25) is 0 Å². The van der Waals surface area contributed by atoms with Gasteiger partial charge >= 0.3 is 0 Å². The minimum absolute atomic E-state index is 0.147. The van der Waals surface area contributed by atoms with E-state index in [4.69, 9.17) is 9.47 Å². The van der Waals surface area contributed by atoms with Crippen LogP contribution in [0, 0.1) is 13.8 Å². The molecule has 0 atom stereocenters. The molecule has 7 nitrogen and oxygen atoms in total. The summed E-state index contributed by atoms with van der Waals surface area (Å²) in [6.45, 7) is 3.60. The molecule has 2 amide bonds. The summed E-state index contributed by atoms with van der Waals surface area (Å²) in [5.41, 5.74) is 2.09. The molecule has 3 rings (SSSR count). The highest BCUT2D eigenvalue weighted by Crippen LogP contribution is 2.14. The Balaban J connectivity index is 1.48. The molecule has 1 heterocycles. The van der Waals surface area contributed by atoms with Crippen molar-refractivity contribution in [3.63, 3.8) is 0 Å². The Morgan fingerprint density at radius 2 is 1.17 bits per heavy atom. The van der Waals surface area contributed by atoms with Crippen molar-refractivity contribution in [1.29, 1.82) is 0 Å². The van der Waals surface area contributed by atoms with Gasteiger partial charge in [0.05, 0.1) is 0 Å². The van der Waals surface area contributed by atoms with E-state index in [9.17, 15) is 9.59 Å². The average Bonchev–Trinajstić information content (AvgIpc) is 2.71. The number of amides is 2. The van der Waals surface area contributed by atoms with Crippen LogP contribution in [0.3, 0.4) is 0 Å². The number of aryl methyl sites for hydroxylation is 2. The average molecular weight is 405 g/mol. The second kappa shape index (κ2) is 10.1. The highest BCUT2D eigenvalue weighted by atomic mass is 16.5. The lowest BCUT2D eigenvalue weighted by atomic mass is 10.2. The van der Waals surface area contributed by atoms with E-state index in [0.29, 0.717) is 23.1 Å². The Morgan fingerprint density at radius 1 is 0.733 bits per heavy atom. The van der Waals surface area contributed by atoms with Gasteiger partial charge in [0.15, 0.2) is 13.2 Å². The van der Waals surface area contributed by atoms with Gasteiger partial charge in [0.2, 0.25) is 0 Å². The van der Waals surface area contributed by atoms with Crippen LogP contribution >= 0.6 is 0 Å². The molecule has 0 spiro atoms. The fourth-order valence-corrected chi connectivity index (χ4v) is 2.64. The summed E-state index contributed by atoms with van der Waals surface area (Å²) in [4.78, 5) is 28.4. The minimum Gasteiger partial charge on any atom is -0.484 e. The first-order chi connectivity index (χ1) is 14.5. The first kappa shape index (κ1) is 20.9. The Labute approximate surface area is 175 Å². The Hall–Kier alpha value is -3.87. The highest BCUT2D eigenvalue weighted by molar-refractivity contribution is 5.93. The zero-order valence-electron chi connectivity index (χ0n) is 16.8. The summed E-state index contributed by atoms with van der Waals surface area (Å²) < 4.78 is 10.9. The lowest BCUT2D eigenvalue weighted by molar-refractivity contribution is -0.118. The number of aromatic nitrogens is 1. The zero-order valence-corrected chi connectivity index (χ0v) is 16.8. The number of hydrogen-bond acceptors (Lipinski definition) is 5. The third-order valence-electron chi connectivity index (χ3n) is 4.00. The van der Waals surface area contributed by atoms with Gasteiger partial charge in [-0.1, -0.05) is 30.3 Å². The molecule has 0 saturated carbocycles. The zero-order chi connectivity index (χ0) is 21.3. The highest BCUT2D eigenvalue weighted by Gasteiger charge is 2.08.